The quantitative estimate of drug-likeness (QED) is 0.729. The maximum Gasteiger partial charge on any atom is 0.307 e. The highest BCUT2D eigenvalue weighted by Crippen LogP contribution is 2.39. The number of aliphatic carboxylic acids is 1. The lowest BCUT2D eigenvalue weighted by molar-refractivity contribution is -0.136. The highest BCUT2D eigenvalue weighted by atomic mass is 35.5. The molecule has 3 aromatic rings. The molecule has 0 atom stereocenters. The van der Waals surface area contributed by atoms with E-state index in [1.54, 1.807) is 38.5 Å². The molecule has 0 bridgehead atoms. The average molecular weight is 346 g/mol. The molecule has 24 heavy (non-hydrogen) atoms. The Labute approximate surface area is 143 Å². The Morgan fingerprint density at radius 1 is 1.21 bits per heavy atom. The van der Waals surface area contributed by atoms with E-state index >= 15 is 0 Å². The Kier molecular flexibility index (Phi) is 4.36. The van der Waals surface area contributed by atoms with Crippen LogP contribution in [0.1, 0.15) is 5.56 Å². The second-order valence-electron chi connectivity index (χ2n) is 5.28. The van der Waals surface area contributed by atoms with Gasteiger partial charge in [0.05, 0.1) is 36.9 Å². The summed E-state index contributed by atoms with van der Waals surface area (Å²) in [7, 11) is 3.14. The van der Waals surface area contributed by atoms with Crippen molar-refractivity contribution in [2.24, 2.45) is 0 Å². The smallest absolute Gasteiger partial charge is 0.307 e. The maximum absolute atomic E-state index is 11.4. The molecule has 0 aliphatic carbocycles. The first kappa shape index (κ1) is 16.2. The zero-order valence-electron chi connectivity index (χ0n) is 13.2. The Bertz CT molecular complexity index is 917. The summed E-state index contributed by atoms with van der Waals surface area (Å²) in [5.74, 6) is 0.348. The number of hydrogen-bond acceptors (Lipinski definition) is 3. The second-order valence-corrected chi connectivity index (χ2v) is 5.68. The number of methoxy groups -OCH3 is 2. The molecule has 0 aliphatic rings. The number of carboxylic acids is 1. The monoisotopic (exact) mass is 345 g/mol. The van der Waals surface area contributed by atoms with E-state index in [0.717, 1.165) is 10.9 Å². The van der Waals surface area contributed by atoms with Crippen molar-refractivity contribution >= 4 is 28.5 Å². The van der Waals surface area contributed by atoms with Gasteiger partial charge in [-0.05, 0) is 29.8 Å². The number of rotatable bonds is 5. The zero-order valence-corrected chi connectivity index (χ0v) is 14.0. The number of benzene rings is 2. The molecule has 0 saturated carbocycles. The minimum atomic E-state index is -0.918. The van der Waals surface area contributed by atoms with Gasteiger partial charge in [0.2, 0.25) is 0 Å². The fourth-order valence-electron chi connectivity index (χ4n) is 2.81. The van der Waals surface area contributed by atoms with Gasteiger partial charge in [-0.3, -0.25) is 4.79 Å². The summed E-state index contributed by atoms with van der Waals surface area (Å²) in [5.41, 5.74) is 2.75. The van der Waals surface area contributed by atoms with Gasteiger partial charge in [-0.25, -0.2) is 0 Å². The van der Waals surface area contributed by atoms with Crippen molar-refractivity contribution in [3.05, 3.63) is 47.0 Å². The Morgan fingerprint density at radius 3 is 2.67 bits per heavy atom. The van der Waals surface area contributed by atoms with Gasteiger partial charge in [-0.15, -0.1) is 0 Å². The molecule has 6 heteroatoms. The molecule has 0 saturated heterocycles. The summed E-state index contributed by atoms with van der Waals surface area (Å²) in [6.45, 7) is 0. The van der Waals surface area contributed by atoms with Crippen molar-refractivity contribution < 1.29 is 19.4 Å². The normalized spacial score (nSPS) is 10.8. The van der Waals surface area contributed by atoms with Gasteiger partial charge < -0.3 is 19.6 Å². The number of aromatic amines is 1. The molecule has 0 spiro atoms. The van der Waals surface area contributed by atoms with Crippen molar-refractivity contribution in [1.82, 2.24) is 4.98 Å². The van der Waals surface area contributed by atoms with Crippen LogP contribution in [-0.2, 0) is 11.2 Å². The van der Waals surface area contributed by atoms with Crippen LogP contribution in [0.25, 0.3) is 22.2 Å². The van der Waals surface area contributed by atoms with Gasteiger partial charge >= 0.3 is 5.97 Å². The molecule has 0 radical (unpaired) electrons. The largest absolute Gasteiger partial charge is 0.497 e. The SMILES string of the molecule is COc1ccc(OC)c(-c2[nH]c3c(Cl)cccc3c2CC(=O)O)c1. The van der Waals surface area contributed by atoms with Crippen LogP contribution in [0.5, 0.6) is 11.5 Å². The van der Waals surface area contributed by atoms with Gasteiger partial charge in [0.1, 0.15) is 11.5 Å². The van der Waals surface area contributed by atoms with Crippen molar-refractivity contribution in [1.29, 1.82) is 0 Å². The van der Waals surface area contributed by atoms with E-state index in [9.17, 15) is 9.90 Å². The molecule has 0 aliphatic heterocycles. The zero-order chi connectivity index (χ0) is 17.3. The predicted octanol–water partition coefficient (Wildman–Crippen LogP) is 4.13. The molecule has 0 unspecified atom stereocenters. The number of aromatic nitrogens is 1. The standard InChI is InChI=1S/C18H16ClNO4/c1-23-10-6-7-15(24-2)13(8-10)17-12(9-16(21)22)11-4-3-5-14(19)18(11)20-17/h3-8,20H,9H2,1-2H3,(H,21,22). The molecule has 1 aromatic heterocycles. The number of nitrogens with one attached hydrogen (secondary N) is 1. The highest BCUT2D eigenvalue weighted by Gasteiger charge is 2.20. The third-order valence-electron chi connectivity index (χ3n) is 3.89. The number of ether oxygens (including phenoxy) is 2. The number of carbonyl (C=O) groups is 1. The number of carboxylic acid groups (broad SMARTS) is 1. The lowest BCUT2D eigenvalue weighted by atomic mass is 10.0. The average Bonchev–Trinajstić information content (AvgIpc) is 2.93. The highest BCUT2D eigenvalue weighted by molar-refractivity contribution is 6.35. The summed E-state index contributed by atoms with van der Waals surface area (Å²) < 4.78 is 10.7. The Hall–Kier alpha value is -2.66. The predicted molar refractivity (Wildman–Crippen MR) is 93.2 cm³/mol. The van der Waals surface area contributed by atoms with E-state index < -0.39 is 5.97 Å². The van der Waals surface area contributed by atoms with E-state index in [1.165, 1.54) is 0 Å². The molecule has 2 N–H and O–H groups in total. The van der Waals surface area contributed by atoms with E-state index in [1.807, 2.05) is 12.1 Å². The first-order chi connectivity index (χ1) is 11.5. The third-order valence-corrected chi connectivity index (χ3v) is 4.21. The van der Waals surface area contributed by atoms with Crippen LogP contribution in [0.3, 0.4) is 0 Å². The third kappa shape index (κ3) is 2.78. The minimum absolute atomic E-state index is 0.129. The van der Waals surface area contributed by atoms with E-state index in [0.29, 0.717) is 33.3 Å². The van der Waals surface area contributed by atoms with E-state index in [4.69, 9.17) is 21.1 Å². The van der Waals surface area contributed by atoms with Crippen LogP contribution in [-0.4, -0.2) is 30.3 Å². The number of H-pyrrole nitrogens is 1. The van der Waals surface area contributed by atoms with E-state index in [-0.39, 0.29) is 6.42 Å². The van der Waals surface area contributed by atoms with Crippen molar-refractivity contribution in [3.8, 4) is 22.8 Å². The molecule has 124 valence electrons. The molecule has 0 amide bonds. The Morgan fingerprint density at radius 2 is 2.00 bits per heavy atom. The van der Waals surface area contributed by atoms with Crippen molar-refractivity contribution in [3.63, 3.8) is 0 Å². The first-order valence-electron chi connectivity index (χ1n) is 7.28. The summed E-state index contributed by atoms with van der Waals surface area (Å²) in [5, 5.41) is 10.6. The van der Waals surface area contributed by atoms with E-state index in [2.05, 4.69) is 4.98 Å². The van der Waals surface area contributed by atoms with Crippen LogP contribution in [0.4, 0.5) is 0 Å². The molecular weight excluding hydrogens is 330 g/mol. The fourth-order valence-corrected chi connectivity index (χ4v) is 3.03. The summed E-state index contributed by atoms with van der Waals surface area (Å²) in [6, 6.07) is 10.8. The number of hydrogen-bond donors (Lipinski definition) is 2. The number of para-hydroxylation sites is 1. The van der Waals surface area contributed by atoms with Crippen LogP contribution >= 0.6 is 11.6 Å². The lowest BCUT2D eigenvalue weighted by Crippen LogP contribution is -2.01. The second kappa shape index (κ2) is 6.45. The topological polar surface area (TPSA) is 71.5 Å². The molecule has 1 heterocycles. The lowest BCUT2D eigenvalue weighted by Gasteiger charge is -2.11. The maximum atomic E-state index is 11.4. The van der Waals surface area contributed by atoms with Crippen molar-refractivity contribution in [2.45, 2.75) is 6.42 Å². The Balaban J connectivity index is 2.33. The molecule has 2 aromatic carbocycles. The molecule has 5 nitrogen and oxygen atoms in total. The molecule has 3 rings (SSSR count). The van der Waals surface area contributed by atoms with Gasteiger partial charge in [0, 0.05) is 10.9 Å². The molecular formula is C18H16ClNO4. The minimum Gasteiger partial charge on any atom is -0.497 e. The van der Waals surface area contributed by atoms with Crippen LogP contribution in [0, 0.1) is 0 Å². The summed E-state index contributed by atoms with van der Waals surface area (Å²) in [6.07, 6.45) is -0.129. The first-order valence-corrected chi connectivity index (χ1v) is 7.66. The summed E-state index contributed by atoms with van der Waals surface area (Å²) >= 11 is 6.26. The number of fused-ring (bicyclic) bond motifs is 1. The number of halogens is 1. The summed E-state index contributed by atoms with van der Waals surface area (Å²) in [4.78, 5) is 14.6. The fraction of sp³-hybridized carbons (Fsp3) is 0.167. The van der Waals surface area contributed by atoms with Gasteiger partial charge in [-0.2, -0.15) is 0 Å². The molecule has 0 fully saturated rings. The van der Waals surface area contributed by atoms with Crippen LogP contribution in [0.2, 0.25) is 5.02 Å². The van der Waals surface area contributed by atoms with Crippen LogP contribution in [0.15, 0.2) is 36.4 Å². The van der Waals surface area contributed by atoms with Gasteiger partial charge in [0.15, 0.2) is 0 Å². The van der Waals surface area contributed by atoms with Gasteiger partial charge in [-0.1, -0.05) is 23.7 Å². The van der Waals surface area contributed by atoms with Crippen molar-refractivity contribution in [2.75, 3.05) is 14.2 Å². The van der Waals surface area contributed by atoms with Crippen LogP contribution < -0.4 is 9.47 Å². The van der Waals surface area contributed by atoms with Gasteiger partial charge in [0.25, 0.3) is 0 Å².